The first-order chi connectivity index (χ1) is 9.68. The third-order valence-corrected chi connectivity index (χ3v) is 5.40. The van der Waals surface area contributed by atoms with Crippen LogP contribution in [0.4, 0.5) is 5.13 Å². The summed E-state index contributed by atoms with van der Waals surface area (Å²) in [6, 6.07) is 8.72. The van der Waals surface area contributed by atoms with Crippen molar-refractivity contribution in [3.63, 3.8) is 0 Å². The fraction of sp³-hybridized carbons (Fsp3) is 0.400. The molecule has 20 heavy (non-hydrogen) atoms. The first-order valence-corrected chi connectivity index (χ1v) is 8.46. The molecule has 3 rings (SSSR count). The number of hydrogen-bond acceptors (Lipinski definition) is 4. The summed E-state index contributed by atoms with van der Waals surface area (Å²) < 4.78 is 1.16. The molecule has 0 spiro atoms. The van der Waals surface area contributed by atoms with Crippen LogP contribution in [0.3, 0.4) is 0 Å². The second-order valence-corrected chi connectivity index (χ2v) is 7.48. The first-order valence-electron chi connectivity index (χ1n) is 6.85. The van der Waals surface area contributed by atoms with Gasteiger partial charge in [0.25, 0.3) is 0 Å². The van der Waals surface area contributed by atoms with Crippen LogP contribution in [0, 0.1) is 0 Å². The highest BCUT2D eigenvalue weighted by Gasteiger charge is 2.38. The van der Waals surface area contributed by atoms with Gasteiger partial charge in [-0.1, -0.05) is 34.5 Å². The third-order valence-electron chi connectivity index (χ3n) is 4.08. The fourth-order valence-corrected chi connectivity index (χ4v) is 3.87. The van der Waals surface area contributed by atoms with E-state index in [0.29, 0.717) is 10.5 Å². The number of nitrogens with two attached hydrogens (primary N) is 1. The smallest absolute Gasteiger partial charge is 0.180 e. The lowest BCUT2D eigenvalue weighted by Crippen LogP contribution is -2.43. The Morgan fingerprint density at radius 2 is 2.25 bits per heavy atom. The standard InChI is InChI=1S/C15H18BrN3S/c16-12-4-1-3-11(7-12)15(5-2-6-15)10-18-8-13-9-19-14(17)20-13/h1,3-4,7,9,18H,2,5-6,8,10H2,(H2,17,19). The van der Waals surface area contributed by atoms with Gasteiger partial charge in [-0.3, -0.25) is 0 Å². The van der Waals surface area contributed by atoms with Crippen molar-refractivity contribution in [2.24, 2.45) is 0 Å². The minimum atomic E-state index is 0.306. The minimum absolute atomic E-state index is 0.306. The van der Waals surface area contributed by atoms with Gasteiger partial charge in [-0.05, 0) is 30.5 Å². The van der Waals surface area contributed by atoms with Crippen molar-refractivity contribution in [1.29, 1.82) is 0 Å². The molecule has 1 aliphatic rings. The number of halogens is 1. The molecule has 1 heterocycles. The van der Waals surface area contributed by atoms with E-state index in [1.165, 1.54) is 29.7 Å². The van der Waals surface area contributed by atoms with E-state index in [2.05, 4.69) is 50.5 Å². The Kier molecular flexibility index (Phi) is 4.10. The quantitative estimate of drug-likeness (QED) is 0.863. The number of anilines is 1. The Morgan fingerprint density at radius 3 is 2.85 bits per heavy atom. The number of thiazole rings is 1. The van der Waals surface area contributed by atoms with Crippen LogP contribution < -0.4 is 11.1 Å². The van der Waals surface area contributed by atoms with Crippen LogP contribution in [-0.4, -0.2) is 11.5 Å². The third kappa shape index (κ3) is 2.90. The molecule has 1 aliphatic carbocycles. The van der Waals surface area contributed by atoms with E-state index in [0.717, 1.165) is 17.6 Å². The van der Waals surface area contributed by atoms with Crippen LogP contribution in [0.5, 0.6) is 0 Å². The van der Waals surface area contributed by atoms with Gasteiger partial charge in [0.1, 0.15) is 0 Å². The summed E-state index contributed by atoms with van der Waals surface area (Å²) >= 11 is 5.13. The number of rotatable bonds is 5. The van der Waals surface area contributed by atoms with Gasteiger partial charge in [0.15, 0.2) is 5.13 Å². The van der Waals surface area contributed by atoms with E-state index in [1.54, 1.807) is 11.3 Å². The van der Waals surface area contributed by atoms with E-state index in [4.69, 9.17) is 5.73 Å². The van der Waals surface area contributed by atoms with Gasteiger partial charge < -0.3 is 11.1 Å². The van der Waals surface area contributed by atoms with Gasteiger partial charge in [-0.2, -0.15) is 0 Å². The van der Waals surface area contributed by atoms with Crippen molar-refractivity contribution in [1.82, 2.24) is 10.3 Å². The molecule has 1 saturated carbocycles. The Morgan fingerprint density at radius 1 is 1.40 bits per heavy atom. The molecular formula is C15H18BrN3S. The summed E-state index contributed by atoms with van der Waals surface area (Å²) in [6.07, 6.45) is 5.71. The lowest BCUT2D eigenvalue weighted by molar-refractivity contribution is 0.233. The highest BCUT2D eigenvalue weighted by atomic mass is 79.9. The molecule has 0 bridgehead atoms. The van der Waals surface area contributed by atoms with Gasteiger partial charge in [-0.25, -0.2) is 4.98 Å². The Bertz CT molecular complexity index is 592. The van der Waals surface area contributed by atoms with Crippen LogP contribution in [0.15, 0.2) is 34.9 Å². The van der Waals surface area contributed by atoms with E-state index in [9.17, 15) is 0 Å². The van der Waals surface area contributed by atoms with E-state index >= 15 is 0 Å². The maximum Gasteiger partial charge on any atom is 0.180 e. The number of aromatic nitrogens is 1. The van der Waals surface area contributed by atoms with Gasteiger partial charge in [0.05, 0.1) is 0 Å². The number of nitrogens with zero attached hydrogens (tertiary/aromatic N) is 1. The fourth-order valence-electron chi connectivity index (χ4n) is 2.82. The zero-order chi connectivity index (χ0) is 14.0. The van der Waals surface area contributed by atoms with Crippen molar-refractivity contribution >= 4 is 32.4 Å². The van der Waals surface area contributed by atoms with Crippen LogP contribution in [-0.2, 0) is 12.0 Å². The summed E-state index contributed by atoms with van der Waals surface area (Å²) in [7, 11) is 0. The van der Waals surface area contributed by atoms with E-state index < -0.39 is 0 Å². The number of hydrogen-bond donors (Lipinski definition) is 2. The Balaban J connectivity index is 1.64. The highest BCUT2D eigenvalue weighted by molar-refractivity contribution is 9.10. The minimum Gasteiger partial charge on any atom is -0.375 e. The summed E-state index contributed by atoms with van der Waals surface area (Å²) in [5.41, 5.74) is 7.40. The Labute approximate surface area is 131 Å². The molecule has 0 amide bonds. The van der Waals surface area contributed by atoms with Crippen LogP contribution in [0.1, 0.15) is 29.7 Å². The molecule has 1 aromatic carbocycles. The second-order valence-electron chi connectivity index (χ2n) is 5.41. The van der Waals surface area contributed by atoms with Crippen LogP contribution in [0.25, 0.3) is 0 Å². The van der Waals surface area contributed by atoms with Crippen molar-refractivity contribution < 1.29 is 0 Å². The van der Waals surface area contributed by atoms with Crippen molar-refractivity contribution in [2.45, 2.75) is 31.2 Å². The summed E-state index contributed by atoms with van der Waals surface area (Å²) in [5.74, 6) is 0. The van der Waals surface area contributed by atoms with Crippen molar-refractivity contribution in [2.75, 3.05) is 12.3 Å². The molecule has 1 aromatic heterocycles. The number of nitrogens with one attached hydrogen (secondary N) is 1. The SMILES string of the molecule is Nc1ncc(CNCC2(c3cccc(Br)c3)CCC2)s1. The molecule has 1 fully saturated rings. The summed E-state index contributed by atoms with van der Waals surface area (Å²) in [6.45, 7) is 1.87. The summed E-state index contributed by atoms with van der Waals surface area (Å²) in [5, 5.41) is 4.22. The molecular weight excluding hydrogens is 334 g/mol. The van der Waals surface area contributed by atoms with Crippen molar-refractivity contribution in [3.05, 3.63) is 45.4 Å². The first kappa shape index (κ1) is 14.0. The van der Waals surface area contributed by atoms with Gasteiger partial charge >= 0.3 is 0 Å². The van der Waals surface area contributed by atoms with Gasteiger partial charge in [0, 0.05) is 34.1 Å². The zero-order valence-corrected chi connectivity index (χ0v) is 13.6. The largest absolute Gasteiger partial charge is 0.375 e. The van der Waals surface area contributed by atoms with Gasteiger partial charge in [0.2, 0.25) is 0 Å². The normalized spacial score (nSPS) is 16.9. The lowest BCUT2D eigenvalue weighted by atomic mass is 9.64. The topological polar surface area (TPSA) is 50.9 Å². The average Bonchev–Trinajstić information content (AvgIpc) is 2.78. The zero-order valence-electron chi connectivity index (χ0n) is 11.2. The molecule has 0 aliphatic heterocycles. The maximum absolute atomic E-state index is 5.66. The maximum atomic E-state index is 5.66. The summed E-state index contributed by atoms with van der Waals surface area (Å²) in [4.78, 5) is 5.29. The van der Waals surface area contributed by atoms with Crippen LogP contribution >= 0.6 is 27.3 Å². The number of benzene rings is 1. The lowest BCUT2D eigenvalue weighted by Gasteiger charge is -2.43. The molecule has 106 valence electrons. The molecule has 0 radical (unpaired) electrons. The predicted molar refractivity (Wildman–Crippen MR) is 87.9 cm³/mol. The van der Waals surface area contributed by atoms with E-state index in [1.807, 2.05) is 6.20 Å². The molecule has 0 unspecified atom stereocenters. The van der Waals surface area contributed by atoms with Gasteiger partial charge in [-0.15, -0.1) is 11.3 Å². The predicted octanol–water partition coefficient (Wildman–Crippen LogP) is 3.70. The average molecular weight is 352 g/mol. The highest BCUT2D eigenvalue weighted by Crippen LogP contribution is 2.43. The second kappa shape index (κ2) is 5.84. The van der Waals surface area contributed by atoms with Crippen molar-refractivity contribution in [3.8, 4) is 0 Å². The molecule has 5 heteroatoms. The van der Waals surface area contributed by atoms with Crippen LogP contribution in [0.2, 0.25) is 0 Å². The van der Waals surface area contributed by atoms with E-state index in [-0.39, 0.29) is 0 Å². The molecule has 0 saturated heterocycles. The molecule has 3 nitrogen and oxygen atoms in total. The molecule has 3 N–H and O–H groups in total. The Hall–Kier alpha value is -0.910. The molecule has 0 atom stereocenters. The molecule has 2 aromatic rings. The monoisotopic (exact) mass is 351 g/mol. The number of nitrogen functional groups attached to an aromatic ring is 1.